The molecule has 2 atom stereocenters. The summed E-state index contributed by atoms with van der Waals surface area (Å²) in [5, 5.41) is 10.7. The first-order valence-corrected chi connectivity index (χ1v) is 10.6. The van der Waals surface area contributed by atoms with E-state index < -0.39 is 27.0 Å². The molecule has 154 valence electrons. The predicted octanol–water partition coefficient (Wildman–Crippen LogP) is 3.16. The Labute approximate surface area is 169 Å². The highest BCUT2D eigenvalue weighted by molar-refractivity contribution is 7.89. The Bertz CT molecular complexity index is 1000. The molecule has 0 N–H and O–H groups in total. The van der Waals surface area contributed by atoms with Crippen LogP contribution >= 0.6 is 0 Å². The molecule has 0 spiro atoms. The van der Waals surface area contributed by atoms with E-state index in [0.717, 1.165) is 5.56 Å². The van der Waals surface area contributed by atoms with Gasteiger partial charge in [-0.1, -0.05) is 24.6 Å². The highest BCUT2D eigenvalue weighted by atomic mass is 32.2. The fourth-order valence-electron chi connectivity index (χ4n) is 3.38. The van der Waals surface area contributed by atoms with Crippen LogP contribution in [0.4, 0.5) is 5.69 Å². The fourth-order valence-corrected chi connectivity index (χ4v) is 5.12. The topological polar surface area (TPSA) is 107 Å². The van der Waals surface area contributed by atoms with Crippen LogP contribution in [0.1, 0.15) is 29.3 Å². The van der Waals surface area contributed by atoms with Gasteiger partial charge in [0.2, 0.25) is 10.0 Å². The molecule has 9 heteroatoms. The summed E-state index contributed by atoms with van der Waals surface area (Å²) in [5.41, 5.74) is 1.02. The highest BCUT2D eigenvalue weighted by Gasteiger charge is 2.39. The van der Waals surface area contributed by atoms with E-state index in [1.165, 1.54) is 28.6 Å². The second kappa shape index (κ2) is 8.30. The second-order valence-corrected chi connectivity index (χ2v) is 9.18. The van der Waals surface area contributed by atoms with Gasteiger partial charge in [0, 0.05) is 18.7 Å². The highest BCUT2D eigenvalue weighted by Crippen LogP contribution is 2.30. The van der Waals surface area contributed by atoms with Crippen molar-refractivity contribution in [1.82, 2.24) is 4.31 Å². The number of rotatable bonds is 6. The number of hydrogen-bond donors (Lipinski definition) is 0. The SMILES string of the molecule is Cc1ccc(S(=O)(=O)N2C[C@H](C)C[C@H]2COC(=O)c2ccc([N+](=O)[O-])cc2)cc1. The van der Waals surface area contributed by atoms with E-state index in [2.05, 4.69) is 0 Å². The number of aryl methyl sites for hydroxylation is 1. The van der Waals surface area contributed by atoms with Crippen molar-refractivity contribution < 1.29 is 22.9 Å². The predicted molar refractivity (Wildman–Crippen MR) is 106 cm³/mol. The lowest BCUT2D eigenvalue weighted by molar-refractivity contribution is -0.384. The van der Waals surface area contributed by atoms with Crippen LogP contribution in [0.25, 0.3) is 0 Å². The molecule has 8 nitrogen and oxygen atoms in total. The van der Waals surface area contributed by atoms with Gasteiger partial charge in [0.25, 0.3) is 5.69 Å². The molecular weight excluding hydrogens is 396 g/mol. The number of carbonyl (C=O) groups excluding carboxylic acids is 1. The molecule has 0 unspecified atom stereocenters. The Morgan fingerprint density at radius 3 is 2.38 bits per heavy atom. The number of sulfonamides is 1. The third kappa shape index (κ3) is 4.63. The van der Waals surface area contributed by atoms with Crippen molar-refractivity contribution in [3.8, 4) is 0 Å². The third-order valence-corrected chi connectivity index (χ3v) is 6.85. The smallest absolute Gasteiger partial charge is 0.338 e. The molecule has 0 saturated carbocycles. The van der Waals surface area contributed by atoms with Crippen molar-refractivity contribution in [2.45, 2.75) is 31.2 Å². The largest absolute Gasteiger partial charge is 0.460 e. The minimum Gasteiger partial charge on any atom is -0.460 e. The maximum atomic E-state index is 13.0. The Balaban J connectivity index is 1.71. The Kier molecular flexibility index (Phi) is 5.99. The number of nitro benzene ring substituents is 1. The van der Waals surface area contributed by atoms with Crippen molar-refractivity contribution in [1.29, 1.82) is 0 Å². The lowest BCUT2D eigenvalue weighted by Crippen LogP contribution is -2.38. The molecule has 0 amide bonds. The molecule has 1 aliphatic heterocycles. The number of nitro groups is 1. The van der Waals surface area contributed by atoms with E-state index in [9.17, 15) is 23.3 Å². The zero-order valence-electron chi connectivity index (χ0n) is 16.1. The molecule has 3 rings (SSSR count). The van der Waals surface area contributed by atoms with Crippen molar-refractivity contribution in [3.63, 3.8) is 0 Å². The fraction of sp³-hybridized carbons (Fsp3) is 0.350. The summed E-state index contributed by atoms with van der Waals surface area (Å²) < 4.78 is 32.8. The van der Waals surface area contributed by atoms with E-state index in [1.54, 1.807) is 24.3 Å². The molecule has 0 aromatic heterocycles. The molecule has 1 fully saturated rings. The summed E-state index contributed by atoms with van der Waals surface area (Å²) in [5.74, 6) is -0.509. The van der Waals surface area contributed by atoms with Crippen LogP contribution in [0.2, 0.25) is 0 Å². The third-order valence-electron chi connectivity index (χ3n) is 4.92. The number of benzene rings is 2. The van der Waals surface area contributed by atoms with Gasteiger partial charge in [-0.3, -0.25) is 10.1 Å². The molecule has 1 saturated heterocycles. The molecule has 2 aromatic carbocycles. The van der Waals surface area contributed by atoms with E-state index in [-0.39, 0.29) is 28.7 Å². The molecule has 2 aromatic rings. The quantitative estimate of drug-likeness (QED) is 0.405. The summed E-state index contributed by atoms with van der Waals surface area (Å²) >= 11 is 0. The van der Waals surface area contributed by atoms with Gasteiger partial charge in [0.1, 0.15) is 6.61 Å². The summed E-state index contributed by atoms with van der Waals surface area (Å²) in [6, 6.07) is 11.3. The van der Waals surface area contributed by atoms with Crippen LogP contribution in [0.3, 0.4) is 0 Å². The van der Waals surface area contributed by atoms with E-state index in [1.807, 2.05) is 13.8 Å². The number of ether oxygens (including phenoxy) is 1. The zero-order chi connectivity index (χ0) is 21.2. The van der Waals surface area contributed by atoms with Crippen molar-refractivity contribution in [3.05, 3.63) is 69.8 Å². The van der Waals surface area contributed by atoms with Gasteiger partial charge in [-0.05, 0) is 43.5 Å². The maximum Gasteiger partial charge on any atom is 0.338 e. The van der Waals surface area contributed by atoms with Crippen LogP contribution in [-0.4, -0.2) is 42.8 Å². The van der Waals surface area contributed by atoms with Gasteiger partial charge in [-0.25, -0.2) is 13.2 Å². The lowest BCUT2D eigenvalue weighted by atomic mass is 10.1. The number of carbonyl (C=O) groups is 1. The van der Waals surface area contributed by atoms with Crippen LogP contribution < -0.4 is 0 Å². The normalized spacial score (nSPS) is 19.8. The summed E-state index contributed by atoms with van der Waals surface area (Å²) in [4.78, 5) is 22.6. The number of non-ortho nitro benzene ring substituents is 1. The Morgan fingerprint density at radius 2 is 1.79 bits per heavy atom. The van der Waals surface area contributed by atoms with Crippen molar-refractivity contribution in [2.75, 3.05) is 13.2 Å². The van der Waals surface area contributed by atoms with Gasteiger partial charge in [-0.15, -0.1) is 0 Å². The van der Waals surface area contributed by atoms with E-state index in [0.29, 0.717) is 13.0 Å². The van der Waals surface area contributed by atoms with Crippen LogP contribution in [0.5, 0.6) is 0 Å². The molecule has 0 aliphatic carbocycles. The van der Waals surface area contributed by atoms with E-state index in [4.69, 9.17) is 4.74 Å². The van der Waals surface area contributed by atoms with Crippen LogP contribution in [-0.2, 0) is 14.8 Å². The molecule has 1 heterocycles. The minimum atomic E-state index is -3.70. The van der Waals surface area contributed by atoms with Crippen molar-refractivity contribution in [2.24, 2.45) is 5.92 Å². The standard InChI is InChI=1S/C20H22N2O6S/c1-14-3-9-19(10-4-14)29(26,27)21-12-15(2)11-18(21)13-28-20(23)16-5-7-17(8-6-16)22(24)25/h3-10,15,18H,11-13H2,1-2H3/t15-,18+/m1/s1. The first-order valence-electron chi connectivity index (χ1n) is 9.18. The van der Waals surface area contributed by atoms with Crippen molar-refractivity contribution >= 4 is 21.7 Å². The molecule has 0 bridgehead atoms. The van der Waals surface area contributed by atoms with E-state index >= 15 is 0 Å². The molecule has 29 heavy (non-hydrogen) atoms. The van der Waals surface area contributed by atoms with Gasteiger partial charge in [0.05, 0.1) is 21.4 Å². The molecule has 1 aliphatic rings. The first kappa shape index (κ1) is 20.9. The second-order valence-electron chi connectivity index (χ2n) is 7.28. The Morgan fingerprint density at radius 1 is 1.17 bits per heavy atom. The van der Waals surface area contributed by atoms with Gasteiger partial charge >= 0.3 is 5.97 Å². The zero-order valence-corrected chi connectivity index (χ0v) is 17.0. The average Bonchev–Trinajstić information content (AvgIpc) is 3.08. The van der Waals surface area contributed by atoms with Crippen LogP contribution in [0, 0.1) is 23.0 Å². The lowest BCUT2D eigenvalue weighted by Gasteiger charge is -2.24. The first-order chi connectivity index (χ1) is 13.7. The van der Waals surface area contributed by atoms with Gasteiger partial charge < -0.3 is 4.74 Å². The monoisotopic (exact) mass is 418 g/mol. The average molecular weight is 418 g/mol. The maximum absolute atomic E-state index is 13.0. The molecule has 0 radical (unpaired) electrons. The van der Waals surface area contributed by atoms with Crippen LogP contribution in [0.15, 0.2) is 53.4 Å². The summed E-state index contributed by atoms with van der Waals surface area (Å²) in [6.07, 6.45) is 0.582. The van der Waals surface area contributed by atoms with Gasteiger partial charge in [0.15, 0.2) is 0 Å². The summed E-state index contributed by atoms with van der Waals surface area (Å²) in [6.45, 7) is 4.12. The number of esters is 1. The number of hydrogen-bond acceptors (Lipinski definition) is 6. The molecular formula is C20H22N2O6S. The minimum absolute atomic E-state index is 0.0781. The van der Waals surface area contributed by atoms with Gasteiger partial charge in [-0.2, -0.15) is 4.31 Å². The summed E-state index contributed by atoms with van der Waals surface area (Å²) in [7, 11) is -3.70. The number of nitrogens with zero attached hydrogens (tertiary/aromatic N) is 2. The Hall–Kier alpha value is -2.78.